The number of rotatable bonds is 4. The molecule has 120 valence electrons. The average Bonchev–Trinajstić information content (AvgIpc) is 2.56. The van der Waals surface area contributed by atoms with Crippen LogP contribution in [-0.2, 0) is 6.54 Å². The number of carbonyl (C=O) groups is 1. The van der Waals surface area contributed by atoms with Crippen molar-refractivity contribution in [1.82, 2.24) is 9.80 Å². The molecule has 0 unspecified atom stereocenters. The van der Waals surface area contributed by atoms with Gasteiger partial charge in [-0.3, -0.25) is 9.69 Å². The first-order valence-electron chi connectivity index (χ1n) is 6.99. The molecule has 0 radical (unpaired) electrons. The number of thiocarbonyl (C=S) groups is 1. The molecule has 1 fully saturated rings. The van der Waals surface area contributed by atoms with Crippen LogP contribution in [0.4, 0.5) is 0 Å². The van der Waals surface area contributed by atoms with Gasteiger partial charge in [-0.2, -0.15) is 0 Å². The summed E-state index contributed by atoms with van der Waals surface area (Å²) in [6.45, 7) is 4.08. The number of hydrogen-bond donors (Lipinski definition) is 1. The number of carbonyl (C=O) groups excluding carboxylic acids is 1. The standard InChI is InChI=1S/C15H20N2O3S2/c1-20-13-8-11(10-18)7-12(14(13)19)9-16-3-5-17(6-4-16)15(21)22-2/h7-8,10,19H,3-6,9H2,1-2H3. The third-order valence-corrected chi connectivity index (χ3v) is 5.10. The van der Waals surface area contributed by atoms with Crippen molar-refractivity contribution >= 4 is 34.6 Å². The van der Waals surface area contributed by atoms with Gasteiger partial charge < -0.3 is 14.7 Å². The minimum atomic E-state index is 0.107. The van der Waals surface area contributed by atoms with Crippen LogP contribution in [0, 0.1) is 0 Å². The van der Waals surface area contributed by atoms with Gasteiger partial charge in [-0.05, 0) is 18.4 Å². The summed E-state index contributed by atoms with van der Waals surface area (Å²) < 4.78 is 6.05. The minimum absolute atomic E-state index is 0.107. The Hall–Kier alpha value is -1.31. The Morgan fingerprint density at radius 1 is 1.41 bits per heavy atom. The van der Waals surface area contributed by atoms with Crippen molar-refractivity contribution in [1.29, 1.82) is 0 Å². The van der Waals surface area contributed by atoms with Crippen molar-refractivity contribution in [2.75, 3.05) is 39.5 Å². The maximum absolute atomic E-state index is 11.0. The fourth-order valence-corrected chi connectivity index (χ4v) is 3.12. The second kappa shape index (κ2) is 7.80. The summed E-state index contributed by atoms with van der Waals surface area (Å²) in [6, 6.07) is 3.25. The third kappa shape index (κ3) is 3.91. The number of benzene rings is 1. The number of ether oxygens (including phenoxy) is 1. The van der Waals surface area contributed by atoms with Crippen LogP contribution in [0.25, 0.3) is 0 Å². The first-order chi connectivity index (χ1) is 10.6. The van der Waals surface area contributed by atoms with Crippen LogP contribution in [0.3, 0.4) is 0 Å². The number of hydrogen-bond acceptors (Lipinski definition) is 6. The lowest BCUT2D eigenvalue weighted by molar-refractivity contribution is 0.112. The van der Waals surface area contributed by atoms with Crippen LogP contribution in [-0.4, -0.2) is 65.1 Å². The van der Waals surface area contributed by atoms with Crippen LogP contribution in [0.1, 0.15) is 15.9 Å². The monoisotopic (exact) mass is 340 g/mol. The molecule has 0 atom stereocenters. The summed E-state index contributed by atoms with van der Waals surface area (Å²) in [4.78, 5) is 15.4. The predicted molar refractivity (Wildman–Crippen MR) is 93.0 cm³/mol. The van der Waals surface area contributed by atoms with Gasteiger partial charge in [0, 0.05) is 43.9 Å². The van der Waals surface area contributed by atoms with E-state index >= 15 is 0 Å². The minimum Gasteiger partial charge on any atom is -0.504 e. The number of piperazine rings is 1. The Morgan fingerprint density at radius 3 is 2.64 bits per heavy atom. The molecule has 1 heterocycles. The highest BCUT2D eigenvalue weighted by Crippen LogP contribution is 2.32. The van der Waals surface area contributed by atoms with Crippen molar-refractivity contribution in [3.63, 3.8) is 0 Å². The summed E-state index contributed by atoms with van der Waals surface area (Å²) in [5.41, 5.74) is 1.22. The lowest BCUT2D eigenvalue weighted by atomic mass is 10.1. The van der Waals surface area contributed by atoms with E-state index in [1.807, 2.05) is 6.26 Å². The van der Waals surface area contributed by atoms with Gasteiger partial charge >= 0.3 is 0 Å². The normalized spacial score (nSPS) is 15.6. The van der Waals surface area contributed by atoms with Gasteiger partial charge in [0.1, 0.15) is 10.6 Å². The highest BCUT2D eigenvalue weighted by Gasteiger charge is 2.20. The first-order valence-corrected chi connectivity index (χ1v) is 8.62. The molecule has 7 heteroatoms. The molecular weight excluding hydrogens is 320 g/mol. The van der Waals surface area contributed by atoms with Crippen LogP contribution >= 0.6 is 24.0 Å². The largest absolute Gasteiger partial charge is 0.504 e. The Bertz CT molecular complexity index is 558. The van der Waals surface area contributed by atoms with Gasteiger partial charge in [-0.15, -0.1) is 11.8 Å². The molecule has 0 aliphatic carbocycles. The Kier molecular flexibility index (Phi) is 6.05. The van der Waals surface area contributed by atoms with Crippen molar-refractivity contribution in [2.24, 2.45) is 0 Å². The van der Waals surface area contributed by atoms with Crippen LogP contribution in [0.5, 0.6) is 11.5 Å². The van der Waals surface area contributed by atoms with Gasteiger partial charge in [0.05, 0.1) is 7.11 Å². The van der Waals surface area contributed by atoms with Gasteiger partial charge in [-0.1, -0.05) is 12.2 Å². The number of methoxy groups -OCH3 is 1. The molecule has 1 aliphatic heterocycles. The fraction of sp³-hybridized carbons (Fsp3) is 0.467. The second-order valence-electron chi connectivity index (χ2n) is 5.08. The molecule has 1 aliphatic rings. The van der Waals surface area contributed by atoms with Crippen LogP contribution in [0.15, 0.2) is 12.1 Å². The molecule has 5 nitrogen and oxygen atoms in total. The van der Waals surface area contributed by atoms with E-state index in [4.69, 9.17) is 17.0 Å². The topological polar surface area (TPSA) is 53.0 Å². The molecular formula is C15H20N2O3S2. The Labute approximate surface area is 140 Å². The van der Waals surface area contributed by atoms with Gasteiger partial charge in [-0.25, -0.2) is 0 Å². The molecule has 1 N–H and O–H groups in total. The van der Waals surface area contributed by atoms with Crippen LogP contribution < -0.4 is 4.74 Å². The van der Waals surface area contributed by atoms with E-state index in [1.54, 1.807) is 23.9 Å². The molecule has 0 amide bonds. The first kappa shape index (κ1) is 17.1. The molecule has 0 bridgehead atoms. The smallest absolute Gasteiger partial charge is 0.162 e. The van der Waals surface area contributed by atoms with E-state index in [-0.39, 0.29) is 5.75 Å². The molecule has 0 spiro atoms. The lowest BCUT2D eigenvalue weighted by Gasteiger charge is -2.35. The zero-order valence-electron chi connectivity index (χ0n) is 12.7. The van der Waals surface area contributed by atoms with E-state index in [9.17, 15) is 9.90 Å². The summed E-state index contributed by atoms with van der Waals surface area (Å²) in [6.07, 6.45) is 2.75. The van der Waals surface area contributed by atoms with E-state index < -0.39 is 0 Å². The average molecular weight is 340 g/mol. The number of phenols is 1. The molecule has 0 aromatic heterocycles. The summed E-state index contributed by atoms with van der Waals surface area (Å²) in [5.74, 6) is 0.442. The zero-order chi connectivity index (χ0) is 16.1. The van der Waals surface area contributed by atoms with E-state index in [0.29, 0.717) is 23.4 Å². The van der Waals surface area contributed by atoms with Crippen molar-refractivity contribution in [3.05, 3.63) is 23.3 Å². The maximum atomic E-state index is 11.0. The van der Waals surface area contributed by atoms with Crippen molar-refractivity contribution in [2.45, 2.75) is 6.54 Å². The summed E-state index contributed by atoms with van der Waals surface area (Å²) in [7, 11) is 1.48. The molecule has 2 rings (SSSR count). The predicted octanol–water partition coefficient (Wildman–Crippen LogP) is 1.98. The van der Waals surface area contributed by atoms with E-state index in [1.165, 1.54) is 7.11 Å². The number of aldehydes is 1. The zero-order valence-corrected chi connectivity index (χ0v) is 14.4. The molecule has 1 saturated heterocycles. The summed E-state index contributed by atoms with van der Waals surface area (Å²) in [5, 5.41) is 10.2. The fourth-order valence-electron chi connectivity index (χ4n) is 2.49. The lowest BCUT2D eigenvalue weighted by Crippen LogP contribution is -2.47. The third-order valence-electron chi connectivity index (χ3n) is 3.73. The highest BCUT2D eigenvalue weighted by molar-refractivity contribution is 8.22. The highest BCUT2D eigenvalue weighted by atomic mass is 32.2. The van der Waals surface area contributed by atoms with Crippen LogP contribution in [0.2, 0.25) is 0 Å². The second-order valence-corrected chi connectivity index (χ2v) is 6.52. The van der Waals surface area contributed by atoms with Crippen molar-refractivity contribution < 1.29 is 14.6 Å². The van der Waals surface area contributed by atoms with E-state index in [2.05, 4.69) is 9.80 Å². The van der Waals surface area contributed by atoms with Gasteiger partial charge in [0.15, 0.2) is 11.5 Å². The molecule has 0 saturated carbocycles. The maximum Gasteiger partial charge on any atom is 0.162 e. The molecule has 22 heavy (non-hydrogen) atoms. The Morgan fingerprint density at radius 2 is 2.09 bits per heavy atom. The summed E-state index contributed by atoms with van der Waals surface area (Å²) >= 11 is 6.90. The molecule has 1 aromatic rings. The number of nitrogens with zero attached hydrogens (tertiary/aromatic N) is 2. The number of phenolic OH excluding ortho intramolecular Hbond substituents is 1. The van der Waals surface area contributed by atoms with Crippen molar-refractivity contribution in [3.8, 4) is 11.5 Å². The van der Waals surface area contributed by atoms with Gasteiger partial charge in [0.2, 0.25) is 0 Å². The van der Waals surface area contributed by atoms with E-state index in [0.717, 1.165) is 36.8 Å². The van der Waals surface area contributed by atoms with Gasteiger partial charge in [0.25, 0.3) is 0 Å². The number of thioether (sulfide) groups is 1. The SMILES string of the molecule is COc1cc(C=O)cc(CN2CCN(C(=S)SC)CC2)c1O. The number of aromatic hydroxyl groups is 1. The molecule has 1 aromatic carbocycles. The quantitative estimate of drug-likeness (QED) is 0.664. The Balaban J connectivity index is 2.06.